The van der Waals surface area contributed by atoms with Crippen molar-refractivity contribution in [1.29, 1.82) is 0 Å². The average Bonchev–Trinajstić information content (AvgIpc) is 3.34. The first-order valence-electron chi connectivity index (χ1n) is 10.1. The number of nitrogens with one attached hydrogen (secondary N) is 1. The highest BCUT2D eigenvalue weighted by molar-refractivity contribution is 5.88. The number of benzene rings is 2. The minimum atomic E-state index is -0.955. The van der Waals surface area contributed by atoms with Crippen molar-refractivity contribution in [2.45, 2.75) is 56.3 Å². The lowest BCUT2D eigenvalue weighted by Gasteiger charge is -2.29. The Kier molecular flexibility index (Phi) is 4.21. The first kappa shape index (κ1) is 18.3. The molecule has 2 aliphatic rings. The number of rotatable bonds is 4. The van der Waals surface area contributed by atoms with E-state index < -0.39 is 11.3 Å². The molecule has 2 N–H and O–H groups in total. The third-order valence-corrected chi connectivity index (χ3v) is 6.66. The predicted molar refractivity (Wildman–Crippen MR) is 105 cm³/mol. The monoisotopic (exact) mass is 394 g/mol. The zero-order valence-electron chi connectivity index (χ0n) is 16.2. The Morgan fingerprint density at radius 3 is 2.83 bits per heavy atom. The fourth-order valence-corrected chi connectivity index (χ4v) is 4.86. The number of oxazole rings is 1. The van der Waals surface area contributed by atoms with Crippen molar-refractivity contribution < 1.29 is 18.8 Å². The molecule has 0 saturated heterocycles. The van der Waals surface area contributed by atoms with Crippen LogP contribution in [0.15, 0.2) is 40.8 Å². The van der Waals surface area contributed by atoms with Crippen LogP contribution in [0.5, 0.6) is 0 Å². The van der Waals surface area contributed by atoms with Gasteiger partial charge in [0.05, 0.1) is 5.41 Å². The Morgan fingerprint density at radius 1 is 1.24 bits per heavy atom. The van der Waals surface area contributed by atoms with Gasteiger partial charge in [-0.1, -0.05) is 18.2 Å². The number of fused-ring (bicyclic) bond motifs is 1. The Bertz CT molecular complexity index is 1100. The van der Waals surface area contributed by atoms with Gasteiger partial charge in [-0.3, -0.25) is 10.0 Å². The van der Waals surface area contributed by atoms with Crippen LogP contribution >= 0.6 is 0 Å². The SMILES string of the molecule is Cc1c(F)cccc1[C@]1(C(=O)NO)CC[C@@H](c2ccc3oc(C4CC4)nc3c2)C1. The van der Waals surface area contributed by atoms with Gasteiger partial charge in [-0.15, -0.1) is 0 Å². The topological polar surface area (TPSA) is 75.4 Å². The third kappa shape index (κ3) is 2.94. The van der Waals surface area contributed by atoms with Gasteiger partial charge in [-0.05, 0) is 79.8 Å². The minimum absolute atomic E-state index is 0.112. The van der Waals surface area contributed by atoms with E-state index in [9.17, 15) is 14.4 Å². The number of halogens is 1. The van der Waals surface area contributed by atoms with Crippen LogP contribution < -0.4 is 5.48 Å². The summed E-state index contributed by atoms with van der Waals surface area (Å²) < 4.78 is 20.1. The molecular weight excluding hydrogens is 371 g/mol. The van der Waals surface area contributed by atoms with Crippen molar-refractivity contribution in [1.82, 2.24) is 10.5 Å². The lowest BCUT2D eigenvalue weighted by molar-refractivity contribution is -0.135. The van der Waals surface area contributed by atoms with Crippen LogP contribution in [0.2, 0.25) is 0 Å². The Labute approximate surface area is 167 Å². The third-order valence-electron chi connectivity index (χ3n) is 6.66. The minimum Gasteiger partial charge on any atom is -0.440 e. The van der Waals surface area contributed by atoms with Crippen molar-refractivity contribution in [3.05, 3.63) is 64.8 Å². The largest absolute Gasteiger partial charge is 0.440 e. The molecule has 5 rings (SSSR count). The molecule has 0 bridgehead atoms. The van der Waals surface area contributed by atoms with E-state index in [1.165, 1.54) is 6.07 Å². The van der Waals surface area contributed by atoms with Crippen molar-refractivity contribution in [2.75, 3.05) is 0 Å². The summed E-state index contributed by atoms with van der Waals surface area (Å²) in [7, 11) is 0. The standard InChI is InChI=1S/C23H23FN2O3/c1-13-17(3-2-4-18(13)24)23(22(27)26-28)10-9-16(12-23)15-7-8-20-19(11-15)25-21(29-20)14-5-6-14/h2-4,7-8,11,14,16,28H,5-6,9-10,12H2,1H3,(H,26,27)/t16-,23+/m1/s1. The number of carbonyl (C=O) groups is 1. The lowest BCUT2D eigenvalue weighted by atomic mass is 9.75. The molecule has 0 radical (unpaired) electrons. The summed E-state index contributed by atoms with van der Waals surface area (Å²) in [5, 5.41) is 9.43. The highest BCUT2D eigenvalue weighted by Crippen LogP contribution is 2.50. The van der Waals surface area contributed by atoms with Crippen molar-refractivity contribution >= 4 is 17.0 Å². The number of amides is 1. The van der Waals surface area contributed by atoms with Gasteiger partial charge in [0.15, 0.2) is 11.5 Å². The molecule has 1 heterocycles. The zero-order valence-corrected chi connectivity index (χ0v) is 16.2. The molecule has 150 valence electrons. The second kappa shape index (κ2) is 6.66. The Morgan fingerprint density at radius 2 is 2.07 bits per heavy atom. The van der Waals surface area contributed by atoms with E-state index in [1.54, 1.807) is 19.1 Å². The molecule has 1 aromatic heterocycles. The van der Waals surface area contributed by atoms with Gasteiger partial charge >= 0.3 is 0 Å². The molecule has 0 aliphatic heterocycles. The molecule has 0 unspecified atom stereocenters. The smallest absolute Gasteiger partial charge is 0.254 e. The van der Waals surface area contributed by atoms with Crippen LogP contribution in [0, 0.1) is 12.7 Å². The summed E-state index contributed by atoms with van der Waals surface area (Å²) in [5.74, 6) is 0.558. The van der Waals surface area contributed by atoms with Gasteiger partial charge in [0.25, 0.3) is 5.91 Å². The predicted octanol–water partition coefficient (Wildman–Crippen LogP) is 4.86. The molecule has 3 aromatic rings. The molecule has 29 heavy (non-hydrogen) atoms. The van der Waals surface area contributed by atoms with Gasteiger partial charge in [0.1, 0.15) is 11.3 Å². The molecule has 5 nitrogen and oxygen atoms in total. The van der Waals surface area contributed by atoms with E-state index in [0.717, 1.165) is 41.8 Å². The summed E-state index contributed by atoms with van der Waals surface area (Å²) in [5.41, 5.74) is 4.70. The second-order valence-electron chi connectivity index (χ2n) is 8.43. The molecule has 2 atom stereocenters. The van der Waals surface area contributed by atoms with Gasteiger partial charge in [-0.2, -0.15) is 0 Å². The van der Waals surface area contributed by atoms with E-state index in [-0.39, 0.29) is 11.7 Å². The molecule has 2 saturated carbocycles. The van der Waals surface area contributed by atoms with Crippen molar-refractivity contribution in [3.8, 4) is 0 Å². The molecule has 2 aromatic carbocycles. The maximum absolute atomic E-state index is 14.2. The van der Waals surface area contributed by atoms with E-state index in [2.05, 4.69) is 4.98 Å². The number of hydrogen-bond donors (Lipinski definition) is 2. The fraction of sp³-hybridized carbons (Fsp3) is 0.391. The summed E-state index contributed by atoms with van der Waals surface area (Å²) in [6, 6.07) is 10.8. The van der Waals surface area contributed by atoms with Crippen LogP contribution in [0.4, 0.5) is 4.39 Å². The Balaban J connectivity index is 1.51. The van der Waals surface area contributed by atoms with E-state index in [0.29, 0.717) is 29.9 Å². The van der Waals surface area contributed by atoms with Crippen LogP contribution in [0.1, 0.15) is 66.5 Å². The maximum Gasteiger partial charge on any atom is 0.254 e. The summed E-state index contributed by atoms with van der Waals surface area (Å²) in [6.45, 7) is 1.69. The number of hydroxylamine groups is 1. The highest BCUT2D eigenvalue weighted by Gasteiger charge is 2.48. The first-order valence-corrected chi connectivity index (χ1v) is 10.1. The molecule has 2 aliphatic carbocycles. The van der Waals surface area contributed by atoms with Crippen LogP contribution in [-0.4, -0.2) is 16.1 Å². The van der Waals surface area contributed by atoms with Gasteiger partial charge in [-0.25, -0.2) is 14.9 Å². The van der Waals surface area contributed by atoms with Gasteiger partial charge < -0.3 is 4.42 Å². The number of aromatic nitrogens is 1. The van der Waals surface area contributed by atoms with Crippen LogP contribution in [-0.2, 0) is 10.2 Å². The zero-order chi connectivity index (χ0) is 20.2. The van der Waals surface area contributed by atoms with E-state index in [4.69, 9.17) is 4.42 Å². The first-order chi connectivity index (χ1) is 14.0. The quantitative estimate of drug-likeness (QED) is 0.489. The molecule has 1 amide bonds. The molecule has 2 fully saturated rings. The number of hydrogen-bond acceptors (Lipinski definition) is 4. The summed E-state index contributed by atoms with van der Waals surface area (Å²) >= 11 is 0. The van der Waals surface area contributed by atoms with Crippen LogP contribution in [0.25, 0.3) is 11.1 Å². The summed E-state index contributed by atoms with van der Waals surface area (Å²) in [6.07, 6.45) is 4.07. The van der Waals surface area contributed by atoms with Gasteiger partial charge in [0.2, 0.25) is 0 Å². The van der Waals surface area contributed by atoms with E-state index >= 15 is 0 Å². The number of carbonyl (C=O) groups excluding carboxylic acids is 1. The van der Waals surface area contributed by atoms with E-state index in [1.807, 2.05) is 23.7 Å². The lowest BCUT2D eigenvalue weighted by Crippen LogP contribution is -2.42. The fourth-order valence-electron chi connectivity index (χ4n) is 4.86. The van der Waals surface area contributed by atoms with Crippen molar-refractivity contribution in [2.24, 2.45) is 0 Å². The number of nitrogens with zero attached hydrogens (tertiary/aromatic N) is 1. The molecule has 0 spiro atoms. The van der Waals surface area contributed by atoms with Crippen LogP contribution in [0.3, 0.4) is 0 Å². The Hall–Kier alpha value is -2.73. The summed E-state index contributed by atoms with van der Waals surface area (Å²) in [4.78, 5) is 17.4. The molecule has 6 heteroatoms. The maximum atomic E-state index is 14.2. The van der Waals surface area contributed by atoms with Crippen molar-refractivity contribution in [3.63, 3.8) is 0 Å². The normalized spacial score (nSPS) is 24.2. The second-order valence-corrected chi connectivity index (χ2v) is 8.43. The van der Waals surface area contributed by atoms with Gasteiger partial charge in [0, 0.05) is 5.92 Å². The highest BCUT2D eigenvalue weighted by atomic mass is 19.1. The molecular formula is C23H23FN2O3. The average molecular weight is 394 g/mol.